The van der Waals surface area contributed by atoms with Crippen LogP contribution in [0.3, 0.4) is 0 Å². The number of allylic oxidation sites excluding steroid dienone is 2. The van der Waals surface area contributed by atoms with Gasteiger partial charge in [-0.25, -0.2) is 19.9 Å². The summed E-state index contributed by atoms with van der Waals surface area (Å²) in [4.78, 5) is 21.0. The SMILES string of the molecule is C=C/C=C\c1oc2cc3c(cc2c1C)nc(-c1c2ccccc2c(-c2nc(-c4ccccc4)nc(-c4ccccc4)n2)c2ccccc12)c1c2ccccc2oc31. The number of nitrogens with zero attached hydrogens (tertiary/aromatic N) is 4. The molecule has 268 valence electrons. The molecule has 11 rings (SSSR count). The summed E-state index contributed by atoms with van der Waals surface area (Å²) in [6, 6.07) is 49.6. The Morgan fingerprint density at radius 3 is 1.65 bits per heavy atom. The maximum Gasteiger partial charge on any atom is 0.165 e. The van der Waals surface area contributed by atoms with Crippen molar-refractivity contribution in [2.45, 2.75) is 6.92 Å². The van der Waals surface area contributed by atoms with Gasteiger partial charge in [-0.1, -0.05) is 146 Å². The molecule has 4 aromatic heterocycles. The van der Waals surface area contributed by atoms with Crippen LogP contribution >= 0.6 is 0 Å². The molecule has 0 saturated carbocycles. The molecule has 0 radical (unpaired) electrons. The van der Waals surface area contributed by atoms with E-state index in [1.54, 1.807) is 6.08 Å². The lowest BCUT2D eigenvalue weighted by Crippen LogP contribution is -2.02. The number of hydrogen-bond donors (Lipinski definition) is 0. The van der Waals surface area contributed by atoms with E-state index in [0.717, 1.165) is 105 Å². The Hall–Kier alpha value is -7.70. The van der Waals surface area contributed by atoms with Crippen LogP contribution in [0.1, 0.15) is 11.3 Å². The predicted octanol–water partition coefficient (Wildman–Crippen LogP) is 13.5. The molecule has 0 atom stereocenters. The second-order valence-electron chi connectivity index (χ2n) is 14.2. The molecule has 0 spiro atoms. The van der Waals surface area contributed by atoms with Crippen molar-refractivity contribution in [2.75, 3.05) is 0 Å². The van der Waals surface area contributed by atoms with E-state index in [1.165, 1.54) is 0 Å². The van der Waals surface area contributed by atoms with E-state index in [-0.39, 0.29) is 0 Å². The second-order valence-corrected chi connectivity index (χ2v) is 14.2. The summed E-state index contributed by atoms with van der Waals surface area (Å²) in [7, 11) is 0. The van der Waals surface area contributed by atoms with Gasteiger partial charge in [0, 0.05) is 44.0 Å². The number of rotatable bonds is 6. The first kappa shape index (κ1) is 32.7. The zero-order valence-corrected chi connectivity index (χ0v) is 30.9. The van der Waals surface area contributed by atoms with Crippen molar-refractivity contribution in [1.82, 2.24) is 19.9 Å². The number of para-hydroxylation sites is 1. The molecule has 0 saturated heterocycles. The van der Waals surface area contributed by atoms with Gasteiger partial charge in [-0.3, -0.25) is 0 Å². The van der Waals surface area contributed by atoms with Gasteiger partial charge in [0.05, 0.1) is 16.6 Å². The molecule has 0 amide bonds. The highest BCUT2D eigenvalue weighted by molar-refractivity contribution is 6.27. The minimum Gasteiger partial charge on any atom is -0.456 e. The molecule has 0 aliphatic rings. The lowest BCUT2D eigenvalue weighted by molar-refractivity contribution is 0.601. The van der Waals surface area contributed by atoms with Crippen molar-refractivity contribution in [3.8, 4) is 45.4 Å². The molecule has 0 N–H and O–H groups in total. The predicted molar refractivity (Wildman–Crippen MR) is 233 cm³/mol. The van der Waals surface area contributed by atoms with E-state index in [9.17, 15) is 0 Å². The Balaban J connectivity index is 1.26. The fraction of sp³-hybridized carbons (Fsp3) is 0.0196. The van der Waals surface area contributed by atoms with Crippen LogP contribution in [-0.4, -0.2) is 19.9 Å². The highest BCUT2D eigenvalue weighted by Gasteiger charge is 2.25. The Morgan fingerprint density at radius 2 is 1.04 bits per heavy atom. The van der Waals surface area contributed by atoms with Crippen LogP contribution < -0.4 is 0 Å². The van der Waals surface area contributed by atoms with E-state index in [0.29, 0.717) is 17.5 Å². The van der Waals surface area contributed by atoms with Gasteiger partial charge < -0.3 is 8.83 Å². The van der Waals surface area contributed by atoms with Crippen LogP contribution in [0.15, 0.2) is 173 Å². The minimum absolute atomic E-state index is 0.603. The topological polar surface area (TPSA) is 77.8 Å². The number of aryl methyl sites for hydroxylation is 1. The number of benzene rings is 7. The van der Waals surface area contributed by atoms with Crippen molar-refractivity contribution < 1.29 is 8.83 Å². The lowest BCUT2D eigenvalue weighted by atomic mass is 9.88. The molecule has 4 heterocycles. The quantitative estimate of drug-likeness (QED) is 0.125. The number of fused-ring (bicyclic) bond motifs is 8. The van der Waals surface area contributed by atoms with Gasteiger partial charge >= 0.3 is 0 Å². The number of aromatic nitrogens is 4. The average molecular weight is 733 g/mol. The third-order valence-electron chi connectivity index (χ3n) is 10.9. The Kier molecular flexibility index (Phi) is 7.44. The first-order chi connectivity index (χ1) is 28.1. The fourth-order valence-electron chi connectivity index (χ4n) is 8.23. The molecule has 6 heteroatoms. The van der Waals surface area contributed by atoms with Crippen molar-refractivity contribution in [1.29, 1.82) is 0 Å². The van der Waals surface area contributed by atoms with E-state index < -0.39 is 0 Å². The summed E-state index contributed by atoms with van der Waals surface area (Å²) >= 11 is 0. The first-order valence-electron chi connectivity index (χ1n) is 18.9. The second kappa shape index (κ2) is 13.0. The van der Waals surface area contributed by atoms with Gasteiger partial charge in [-0.05, 0) is 52.7 Å². The number of hydrogen-bond acceptors (Lipinski definition) is 6. The van der Waals surface area contributed by atoms with E-state index >= 15 is 0 Å². The fourth-order valence-corrected chi connectivity index (χ4v) is 8.23. The van der Waals surface area contributed by atoms with Crippen molar-refractivity contribution in [2.24, 2.45) is 0 Å². The van der Waals surface area contributed by atoms with Crippen LogP contribution in [0.5, 0.6) is 0 Å². The molecule has 0 fully saturated rings. The van der Waals surface area contributed by atoms with Crippen LogP contribution in [0.25, 0.3) is 117 Å². The number of pyridine rings is 1. The Morgan fingerprint density at radius 1 is 0.491 bits per heavy atom. The smallest absolute Gasteiger partial charge is 0.165 e. The lowest BCUT2D eigenvalue weighted by Gasteiger charge is -2.18. The highest BCUT2D eigenvalue weighted by Crippen LogP contribution is 2.48. The summed E-state index contributed by atoms with van der Waals surface area (Å²) in [5, 5.41) is 7.93. The molecule has 0 aliphatic carbocycles. The van der Waals surface area contributed by atoms with Crippen LogP contribution in [0.2, 0.25) is 0 Å². The molecular formula is C51H32N4O2. The summed E-state index contributed by atoms with van der Waals surface area (Å²) in [5.41, 5.74) is 8.85. The molecule has 0 unspecified atom stereocenters. The maximum atomic E-state index is 6.77. The average Bonchev–Trinajstić information content (AvgIpc) is 3.81. The third kappa shape index (κ3) is 5.19. The van der Waals surface area contributed by atoms with Crippen molar-refractivity contribution >= 4 is 71.4 Å². The van der Waals surface area contributed by atoms with Crippen LogP contribution in [-0.2, 0) is 0 Å². The molecule has 6 nitrogen and oxygen atoms in total. The number of furan rings is 2. The van der Waals surface area contributed by atoms with Gasteiger partial charge in [-0.2, -0.15) is 0 Å². The van der Waals surface area contributed by atoms with Crippen LogP contribution in [0, 0.1) is 6.92 Å². The Labute approximate surface area is 327 Å². The summed E-state index contributed by atoms with van der Waals surface area (Å²) < 4.78 is 13.1. The van der Waals surface area contributed by atoms with Gasteiger partial charge in [-0.15, -0.1) is 0 Å². The van der Waals surface area contributed by atoms with Gasteiger partial charge in [0.1, 0.15) is 22.5 Å². The molecule has 0 bridgehead atoms. The summed E-state index contributed by atoms with van der Waals surface area (Å²) in [6.45, 7) is 5.91. The summed E-state index contributed by atoms with van der Waals surface area (Å²) in [5.74, 6) is 2.62. The minimum atomic E-state index is 0.603. The standard InChI is InChI=1S/C51H32N4O2/c1-3-4-26-41-30(2)38-28-40-39(29-43(38)56-41)48-46(37-25-15-16-27-42(37)57-48)47(52-40)44-33-21-11-13-23-35(33)45(36-24-14-12-22-34(36)44)51-54-49(31-17-7-5-8-18-31)53-50(55-51)32-19-9-6-10-20-32/h3-29H,1H2,2H3/b26-4-. The van der Waals surface area contributed by atoms with Gasteiger partial charge in [0.2, 0.25) is 0 Å². The van der Waals surface area contributed by atoms with Crippen LogP contribution in [0.4, 0.5) is 0 Å². The third-order valence-corrected chi connectivity index (χ3v) is 10.9. The molecule has 57 heavy (non-hydrogen) atoms. The van der Waals surface area contributed by atoms with Crippen molar-refractivity contribution in [3.63, 3.8) is 0 Å². The zero-order valence-electron chi connectivity index (χ0n) is 30.9. The first-order valence-corrected chi connectivity index (χ1v) is 18.9. The molecule has 0 aliphatic heterocycles. The monoisotopic (exact) mass is 732 g/mol. The zero-order chi connectivity index (χ0) is 38.0. The normalized spacial score (nSPS) is 11.9. The van der Waals surface area contributed by atoms with Gasteiger partial charge in [0.15, 0.2) is 17.5 Å². The summed E-state index contributed by atoms with van der Waals surface area (Å²) in [6.07, 6.45) is 5.58. The Bertz CT molecular complexity index is 3320. The molecule has 11 aromatic rings. The molecular weight excluding hydrogens is 701 g/mol. The largest absolute Gasteiger partial charge is 0.456 e. The van der Waals surface area contributed by atoms with Gasteiger partial charge in [0.25, 0.3) is 0 Å². The van der Waals surface area contributed by atoms with E-state index in [4.69, 9.17) is 28.8 Å². The maximum absolute atomic E-state index is 6.77. The van der Waals surface area contributed by atoms with E-state index in [1.807, 2.05) is 84.9 Å². The van der Waals surface area contributed by atoms with Crippen molar-refractivity contribution in [3.05, 3.63) is 176 Å². The highest BCUT2D eigenvalue weighted by atomic mass is 16.3. The van der Waals surface area contributed by atoms with E-state index in [2.05, 4.69) is 86.3 Å². The molecule has 7 aromatic carbocycles.